The summed E-state index contributed by atoms with van der Waals surface area (Å²) in [7, 11) is 0. The van der Waals surface area contributed by atoms with E-state index >= 15 is 0 Å². The lowest BCUT2D eigenvalue weighted by Crippen LogP contribution is -2.14. The quantitative estimate of drug-likeness (QED) is 0.872. The molecule has 3 heteroatoms. The van der Waals surface area contributed by atoms with Crippen molar-refractivity contribution < 1.29 is 4.79 Å². The van der Waals surface area contributed by atoms with Crippen LogP contribution >= 0.6 is 11.6 Å². The zero-order valence-corrected chi connectivity index (χ0v) is 12.4. The first kappa shape index (κ1) is 14.6. The fourth-order valence-electron chi connectivity index (χ4n) is 1.94. The van der Waals surface area contributed by atoms with Crippen LogP contribution in [0, 0.1) is 0 Å². The maximum atomic E-state index is 11.9. The second-order valence-corrected chi connectivity index (χ2v) is 5.56. The van der Waals surface area contributed by atoms with Crippen LogP contribution in [0.1, 0.15) is 30.9 Å². The van der Waals surface area contributed by atoms with E-state index in [-0.39, 0.29) is 5.91 Å². The number of rotatable bonds is 4. The lowest BCUT2D eigenvalue weighted by Gasteiger charge is -2.08. The summed E-state index contributed by atoms with van der Waals surface area (Å²) in [5.74, 6) is 0.483. The summed E-state index contributed by atoms with van der Waals surface area (Å²) in [5.41, 5.74) is 3.06. The first-order valence-corrected chi connectivity index (χ1v) is 7.06. The Morgan fingerprint density at radius 3 is 2.20 bits per heavy atom. The summed E-state index contributed by atoms with van der Waals surface area (Å²) in [6, 6.07) is 15.3. The molecule has 1 N–H and O–H groups in total. The van der Waals surface area contributed by atoms with Crippen LogP contribution < -0.4 is 5.32 Å². The van der Waals surface area contributed by atoms with Gasteiger partial charge in [0.15, 0.2) is 0 Å². The van der Waals surface area contributed by atoms with Crippen molar-refractivity contribution in [3.05, 3.63) is 64.7 Å². The van der Waals surface area contributed by atoms with Crippen molar-refractivity contribution in [1.29, 1.82) is 0 Å². The number of anilines is 1. The lowest BCUT2D eigenvalue weighted by atomic mass is 10.0. The zero-order valence-electron chi connectivity index (χ0n) is 11.7. The van der Waals surface area contributed by atoms with Crippen LogP contribution in [0.4, 0.5) is 5.69 Å². The van der Waals surface area contributed by atoms with Crippen molar-refractivity contribution in [3.63, 3.8) is 0 Å². The topological polar surface area (TPSA) is 29.1 Å². The third-order valence-corrected chi connectivity index (χ3v) is 3.39. The minimum Gasteiger partial charge on any atom is -0.326 e. The van der Waals surface area contributed by atoms with Crippen LogP contribution in [0.15, 0.2) is 48.5 Å². The van der Waals surface area contributed by atoms with Gasteiger partial charge in [0.2, 0.25) is 5.91 Å². The highest BCUT2D eigenvalue weighted by atomic mass is 35.5. The maximum Gasteiger partial charge on any atom is 0.228 e. The first-order chi connectivity index (χ1) is 9.54. The van der Waals surface area contributed by atoms with Gasteiger partial charge in [-0.25, -0.2) is 0 Å². The van der Waals surface area contributed by atoms with E-state index in [1.165, 1.54) is 5.56 Å². The van der Waals surface area contributed by atoms with Gasteiger partial charge in [0.05, 0.1) is 6.42 Å². The second-order valence-electron chi connectivity index (χ2n) is 5.13. The predicted octanol–water partition coefficient (Wildman–Crippen LogP) is 4.64. The monoisotopic (exact) mass is 287 g/mol. The summed E-state index contributed by atoms with van der Waals surface area (Å²) in [6.07, 6.45) is 0.376. The molecule has 0 saturated carbocycles. The Hall–Kier alpha value is -1.80. The Balaban J connectivity index is 1.95. The van der Waals surface area contributed by atoms with Gasteiger partial charge in [-0.2, -0.15) is 0 Å². The molecular weight excluding hydrogens is 270 g/mol. The molecule has 0 aliphatic rings. The molecule has 0 aromatic heterocycles. The van der Waals surface area contributed by atoms with Crippen LogP contribution in [0.2, 0.25) is 5.02 Å². The van der Waals surface area contributed by atoms with Crippen LogP contribution in [0.5, 0.6) is 0 Å². The molecule has 20 heavy (non-hydrogen) atoms. The first-order valence-electron chi connectivity index (χ1n) is 6.69. The van der Waals surface area contributed by atoms with Gasteiger partial charge < -0.3 is 5.32 Å². The third-order valence-electron chi connectivity index (χ3n) is 3.14. The van der Waals surface area contributed by atoms with Crippen molar-refractivity contribution in [3.8, 4) is 0 Å². The van der Waals surface area contributed by atoms with E-state index in [0.717, 1.165) is 11.3 Å². The summed E-state index contributed by atoms with van der Waals surface area (Å²) in [5, 5.41) is 3.52. The number of halogens is 1. The average Bonchev–Trinajstić information content (AvgIpc) is 2.42. The average molecular weight is 288 g/mol. The molecule has 0 heterocycles. The van der Waals surface area contributed by atoms with Crippen LogP contribution in [0.25, 0.3) is 0 Å². The van der Waals surface area contributed by atoms with Gasteiger partial charge in [-0.1, -0.05) is 49.7 Å². The minimum absolute atomic E-state index is 0.0235. The molecule has 0 saturated heterocycles. The molecule has 2 aromatic carbocycles. The van der Waals surface area contributed by atoms with Crippen molar-refractivity contribution in [2.24, 2.45) is 0 Å². The Bertz CT molecular complexity index is 573. The van der Waals surface area contributed by atoms with Crippen molar-refractivity contribution in [1.82, 2.24) is 0 Å². The summed E-state index contributed by atoms with van der Waals surface area (Å²) in [6.45, 7) is 4.31. The molecule has 0 atom stereocenters. The third kappa shape index (κ3) is 4.10. The number of nitrogens with one attached hydrogen (secondary N) is 1. The van der Waals surface area contributed by atoms with Crippen molar-refractivity contribution in [2.45, 2.75) is 26.2 Å². The molecule has 0 spiro atoms. The van der Waals surface area contributed by atoms with Crippen LogP contribution in [0.3, 0.4) is 0 Å². The Morgan fingerprint density at radius 2 is 1.65 bits per heavy atom. The molecule has 0 unspecified atom stereocenters. The van der Waals surface area contributed by atoms with Gasteiger partial charge in [-0.15, -0.1) is 0 Å². The van der Waals surface area contributed by atoms with E-state index < -0.39 is 0 Å². The fraction of sp³-hybridized carbons (Fsp3) is 0.235. The molecule has 0 aliphatic carbocycles. The van der Waals surface area contributed by atoms with Gasteiger partial charge in [-0.3, -0.25) is 4.79 Å². The van der Waals surface area contributed by atoms with E-state index in [1.54, 1.807) is 24.3 Å². The van der Waals surface area contributed by atoms with E-state index in [2.05, 4.69) is 31.3 Å². The highest BCUT2D eigenvalue weighted by Crippen LogP contribution is 2.16. The van der Waals surface area contributed by atoms with E-state index in [0.29, 0.717) is 17.4 Å². The molecule has 0 radical (unpaired) electrons. The highest BCUT2D eigenvalue weighted by Gasteiger charge is 2.05. The number of amides is 1. The molecule has 104 valence electrons. The molecule has 2 nitrogen and oxygen atoms in total. The van der Waals surface area contributed by atoms with Crippen molar-refractivity contribution >= 4 is 23.2 Å². The van der Waals surface area contributed by atoms with Crippen LogP contribution in [-0.4, -0.2) is 5.91 Å². The predicted molar refractivity (Wildman–Crippen MR) is 84.3 cm³/mol. The lowest BCUT2D eigenvalue weighted by molar-refractivity contribution is -0.115. The summed E-state index contributed by atoms with van der Waals surface area (Å²) < 4.78 is 0. The smallest absolute Gasteiger partial charge is 0.228 e. The van der Waals surface area contributed by atoms with Gasteiger partial charge in [0.1, 0.15) is 0 Å². The van der Waals surface area contributed by atoms with E-state index in [1.807, 2.05) is 12.1 Å². The van der Waals surface area contributed by atoms with Gasteiger partial charge >= 0.3 is 0 Å². The molecule has 2 rings (SSSR count). The summed E-state index contributed by atoms with van der Waals surface area (Å²) in [4.78, 5) is 11.9. The molecule has 0 aliphatic heterocycles. The fourth-order valence-corrected chi connectivity index (χ4v) is 2.07. The van der Waals surface area contributed by atoms with Gasteiger partial charge in [-0.05, 0) is 41.3 Å². The number of benzene rings is 2. The number of hydrogen-bond donors (Lipinski definition) is 1. The SMILES string of the molecule is CC(C)c1ccc(CC(=O)Nc2ccc(Cl)cc2)cc1. The summed E-state index contributed by atoms with van der Waals surface area (Å²) >= 11 is 5.81. The normalized spacial score (nSPS) is 10.6. The van der Waals surface area contributed by atoms with E-state index in [4.69, 9.17) is 11.6 Å². The van der Waals surface area contributed by atoms with Gasteiger partial charge in [0.25, 0.3) is 0 Å². The van der Waals surface area contributed by atoms with Gasteiger partial charge in [0, 0.05) is 10.7 Å². The highest BCUT2D eigenvalue weighted by molar-refractivity contribution is 6.30. The van der Waals surface area contributed by atoms with Crippen molar-refractivity contribution in [2.75, 3.05) is 5.32 Å². The molecule has 1 amide bonds. The Labute approximate surface area is 124 Å². The number of carbonyl (C=O) groups excluding carboxylic acids is 1. The number of carbonyl (C=O) groups is 1. The van der Waals surface area contributed by atoms with E-state index in [9.17, 15) is 4.79 Å². The zero-order chi connectivity index (χ0) is 14.5. The molecule has 0 bridgehead atoms. The maximum absolute atomic E-state index is 11.9. The standard InChI is InChI=1S/C17H18ClNO/c1-12(2)14-5-3-13(4-6-14)11-17(20)19-16-9-7-15(18)8-10-16/h3-10,12H,11H2,1-2H3,(H,19,20). The Kier molecular flexibility index (Phi) is 4.80. The molecule has 0 fully saturated rings. The Morgan fingerprint density at radius 1 is 1.05 bits per heavy atom. The number of hydrogen-bond acceptors (Lipinski definition) is 1. The second kappa shape index (κ2) is 6.58. The largest absolute Gasteiger partial charge is 0.326 e. The minimum atomic E-state index is -0.0235. The molecular formula is C17H18ClNO. The molecule has 2 aromatic rings. The van der Waals surface area contributed by atoms with Crippen LogP contribution in [-0.2, 0) is 11.2 Å².